The van der Waals surface area contributed by atoms with Gasteiger partial charge in [-0.05, 0) is 0 Å². The summed E-state index contributed by atoms with van der Waals surface area (Å²) in [5, 5.41) is 0. The molecule has 1 heterocycles. The topological polar surface area (TPSA) is 34.9 Å². The van der Waals surface area contributed by atoms with Crippen LogP contribution in [0.25, 0.3) is 22.5 Å². The molecule has 20 heavy (non-hydrogen) atoms. The lowest BCUT2D eigenvalue weighted by Gasteiger charge is -2.07. The van der Waals surface area contributed by atoms with Crippen molar-refractivity contribution in [3.8, 4) is 22.5 Å². The van der Waals surface area contributed by atoms with Gasteiger partial charge in [-0.2, -0.15) is 0 Å². The molecule has 3 heteroatoms. The van der Waals surface area contributed by atoms with Crippen LogP contribution in [0.15, 0.2) is 67.0 Å². The fraction of sp³-hybridized carbons (Fsp3) is 0.0588. The van der Waals surface area contributed by atoms with Crippen LogP contribution in [0.4, 0.5) is 0 Å². The van der Waals surface area contributed by atoms with Crippen LogP contribution in [0.5, 0.6) is 0 Å². The van der Waals surface area contributed by atoms with Crippen molar-refractivity contribution in [2.24, 2.45) is 0 Å². The highest BCUT2D eigenvalue weighted by molar-refractivity contribution is 5.88. The van der Waals surface area contributed by atoms with E-state index in [0.29, 0.717) is 0 Å². The number of imidazole rings is 1. The fourth-order valence-corrected chi connectivity index (χ4v) is 2.27. The molecular weight excluding hydrogens is 248 g/mol. The third kappa shape index (κ3) is 2.14. The predicted molar refractivity (Wildman–Crippen MR) is 79.4 cm³/mol. The van der Waals surface area contributed by atoms with Crippen molar-refractivity contribution < 1.29 is 4.79 Å². The van der Waals surface area contributed by atoms with Crippen LogP contribution in [0.1, 0.15) is 11.7 Å². The first-order chi connectivity index (χ1) is 9.77. The summed E-state index contributed by atoms with van der Waals surface area (Å²) in [6.07, 6.45) is 1.59. The zero-order valence-corrected chi connectivity index (χ0v) is 11.2. The van der Waals surface area contributed by atoms with E-state index in [0.717, 1.165) is 22.5 Å². The molecule has 3 nitrogen and oxygen atoms in total. The zero-order valence-electron chi connectivity index (χ0n) is 11.2. The molecule has 0 bridgehead atoms. The Kier molecular flexibility index (Phi) is 3.17. The van der Waals surface area contributed by atoms with Crippen LogP contribution in [-0.2, 0) is 0 Å². The normalized spacial score (nSPS) is 10.4. The summed E-state index contributed by atoms with van der Waals surface area (Å²) in [5.41, 5.74) is 3.65. The zero-order chi connectivity index (χ0) is 13.9. The average molecular weight is 262 g/mol. The molecule has 0 saturated heterocycles. The number of rotatable bonds is 2. The Balaban J connectivity index is 2.25. The van der Waals surface area contributed by atoms with Crippen molar-refractivity contribution in [3.05, 3.63) is 67.0 Å². The van der Waals surface area contributed by atoms with Crippen molar-refractivity contribution in [3.63, 3.8) is 0 Å². The number of aromatic nitrogens is 2. The van der Waals surface area contributed by atoms with Crippen LogP contribution in [-0.4, -0.2) is 15.5 Å². The van der Waals surface area contributed by atoms with E-state index in [1.165, 1.54) is 0 Å². The van der Waals surface area contributed by atoms with Gasteiger partial charge in [0.15, 0.2) is 0 Å². The molecule has 0 aliphatic heterocycles. The summed E-state index contributed by atoms with van der Waals surface area (Å²) >= 11 is 0. The van der Waals surface area contributed by atoms with E-state index in [1.807, 2.05) is 60.7 Å². The van der Waals surface area contributed by atoms with Crippen molar-refractivity contribution in [1.29, 1.82) is 0 Å². The molecule has 0 saturated carbocycles. The van der Waals surface area contributed by atoms with Gasteiger partial charge in [0.05, 0.1) is 11.4 Å². The van der Waals surface area contributed by atoms with Crippen LogP contribution in [0.3, 0.4) is 0 Å². The van der Waals surface area contributed by atoms with E-state index in [2.05, 4.69) is 4.98 Å². The third-order valence-corrected chi connectivity index (χ3v) is 3.20. The van der Waals surface area contributed by atoms with Crippen LogP contribution < -0.4 is 0 Å². The van der Waals surface area contributed by atoms with Gasteiger partial charge in [-0.15, -0.1) is 0 Å². The summed E-state index contributed by atoms with van der Waals surface area (Å²) in [7, 11) is 0. The van der Waals surface area contributed by atoms with E-state index < -0.39 is 0 Å². The Morgan fingerprint density at radius 2 is 1.45 bits per heavy atom. The Labute approximate surface area is 117 Å². The standard InChI is InChI=1S/C17H14N2O/c1-13(20)19-12-18-16(14-8-4-2-5-9-14)17(19)15-10-6-3-7-11-15/h2-12H,1H3. The van der Waals surface area contributed by atoms with Gasteiger partial charge in [0.2, 0.25) is 5.91 Å². The highest BCUT2D eigenvalue weighted by Gasteiger charge is 2.16. The van der Waals surface area contributed by atoms with Crippen molar-refractivity contribution >= 4 is 5.91 Å². The molecule has 0 aliphatic rings. The second kappa shape index (κ2) is 5.13. The second-order valence-electron chi connectivity index (χ2n) is 4.56. The van der Waals surface area contributed by atoms with E-state index >= 15 is 0 Å². The van der Waals surface area contributed by atoms with E-state index in [-0.39, 0.29) is 5.91 Å². The molecule has 3 rings (SSSR count). The van der Waals surface area contributed by atoms with Crippen molar-refractivity contribution in [2.45, 2.75) is 6.92 Å². The quantitative estimate of drug-likeness (QED) is 0.702. The lowest BCUT2D eigenvalue weighted by atomic mass is 10.0. The SMILES string of the molecule is CC(=O)n1cnc(-c2ccccc2)c1-c1ccccc1. The third-order valence-electron chi connectivity index (χ3n) is 3.20. The van der Waals surface area contributed by atoms with Crippen LogP contribution >= 0.6 is 0 Å². The van der Waals surface area contributed by atoms with Crippen molar-refractivity contribution in [2.75, 3.05) is 0 Å². The van der Waals surface area contributed by atoms with Gasteiger partial charge in [0, 0.05) is 18.1 Å². The second-order valence-corrected chi connectivity index (χ2v) is 4.56. The average Bonchev–Trinajstić information content (AvgIpc) is 2.94. The van der Waals surface area contributed by atoms with E-state index in [9.17, 15) is 4.79 Å². The monoisotopic (exact) mass is 262 g/mol. The Morgan fingerprint density at radius 1 is 0.900 bits per heavy atom. The highest BCUT2D eigenvalue weighted by atomic mass is 16.1. The number of carbonyl (C=O) groups excluding carboxylic acids is 1. The maximum atomic E-state index is 11.8. The Hall–Kier alpha value is -2.68. The minimum Gasteiger partial charge on any atom is -0.274 e. The maximum Gasteiger partial charge on any atom is 0.229 e. The number of benzene rings is 2. The molecule has 0 fully saturated rings. The number of nitrogens with zero attached hydrogens (tertiary/aromatic N) is 2. The molecule has 0 atom stereocenters. The smallest absolute Gasteiger partial charge is 0.229 e. The minimum absolute atomic E-state index is 0.0430. The first-order valence-corrected chi connectivity index (χ1v) is 6.46. The van der Waals surface area contributed by atoms with Gasteiger partial charge in [-0.3, -0.25) is 9.36 Å². The summed E-state index contributed by atoms with van der Waals surface area (Å²) in [6.45, 7) is 1.54. The summed E-state index contributed by atoms with van der Waals surface area (Å²) in [5.74, 6) is -0.0430. The summed E-state index contributed by atoms with van der Waals surface area (Å²) in [6, 6.07) is 19.8. The molecular formula is C17H14N2O. The van der Waals surface area contributed by atoms with Gasteiger partial charge in [0.25, 0.3) is 0 Å². The number of hydrogen-bond donors (Lipinski definition) is 0. The largest absolute Gasteiger partial charge is 0.274 e. The van der Waals surface area contributed by atoms with Gasteiger partial charge < -0.3 is 0 Å². The first-order valence-electron chi connectivity index (χ1n) is 6.46. The minimum atomic E-state index is -0.0430. The summed E-state index contributed by atoms with van der Waals surface area (Å²) in [4.78, 5) is 16.2. The van der Waals surface area contributed by atoms with Crippen molar-refractivity contribution in [1.82, 2.24) is 9.55 Å². The molecule has 1 aromatic heterocycles. The number of carbonyl (C=O) groups is 1. The van der Waals surface area contributed by atoms with Crippen LogP contribution in [0.2, 0.25) is 0 Å². The van der Waals surface area contributed by atoms with E-state index in [1.54, 1.807) is 17.8 Å². The Morgan fingerprint density at radius 3 is 2.00 bits per heavy atom. The lowest BCUT2D eigenvalue weighted by molar-refractivity contribution is 0.0938. The summed E-state index contributed by atoms with van der Waals surface area (Å²) < 4.78 is 1.59. The molecule has 0 amide bonds. The van der Waals surface area contributed by atoms with Gasteiger partial charge in [0.1, 0.15) is 6.33 Å². The lowest BCUT2D eigenvalue weighted by Crippen LogP contribution is -2.05. The number of hydrogen-bond acceptors (Lipinski definition) is 2. The molecule has 0 radical (unpaired) electrons. The molecule has 0 unspecified atom stereocenters. The Bertz CT molecular complexity index is 730. The molecule has 0 spiro atoms. The molecule has 3 aromatic rings. The maximum absolute atomic E-state index is 11.8. The van der Waals surface area contributed by atoms with Crippen LogP contribution in [0, 0.1) is 0 Å². The fourth-order valence-electron chi connectivity index (χ4n) is 2.27. The molecule has 2 aromatic carbocycles. The predicted octanol–water partition coefficient (Wildman–Crippen LogP) is 3.88. The molecule has 0 aliphatic carbocycles. The highest BCUT2D eigenvalue weighted by Crippen LogP contribution is 2.30. The van der Waals surface area contributed by atoms with Gasteiger partial charge in [-0.1, -0.05) is 60.7 Å². The van der Waals surface area contributed by atoms with Gasteiger partial charge in [-0.25, -0.2) is 4.98 Å². The molecule has 98 valence electrons. The van der Waals surface area contributed by atoms with Gasteiger partial charge >= 0.3 is 0 Å². The van der Waals surface area contributed by atoms with E-state index in [4.69, 9.17) is 0 Å². The molecule has 0 N–H and O–H groups in total. The first kappa shape index (κ1) is 12.4.